The number of aryl methyl sites for hydroxylation is 2. The van der Waals surface area contributed by atoms with Gasteiger partial charge in [-0.1, -0.05) is 42.0 Å². The number of sulfonamides is 1. The first-order chi connectivity index (χ1) is 10.9. The number of hydrogen-bond acceptors (Lipinski definition) is 2. The molecule has 122 valence electrons. The largest absolute Gasteiger partial charge is 0.245 e. The van der Waals surface area contributed by atoms with Crippen LogP contribution < -0.4 is 0 Å². The van der Waals surface area contributed by atoms with E-state index in [2.05, 4.69) is 0 Å². The number of rotatable bonds is 3. The van der Waals surface area contributed by atoms with Gasteiger partial charge in [-0.25, -0.2) is 12.8 Å². The Morgan fingerprint density at radius 2 is 1.70 bits per heavy atom. The molecule has 23 heavy (non-hydrogen) atoms. The van der Waals surface area contributed by atoms with Gasteiger partial charge in [-0.15, -0.1) is 0 Å². The van der Waals surface area contributed by atoms with E-state index >= 15 is 0 Å². The third-order valence-electron chi connectivity index (χ3n) is 4.41. The Morgan fingerprint density at radius 1 is 1.04 bits per heavy atom. The summed E-state index contributed by atoms with van der Waals surface area (Å²) in [4.78, 5) is 0.218. The maximum atomic E-state index is 14.5. The van der Waals surface area contributed by atoms with E-state index in [0.717, 1.165) is 16.7 Å². The van der Waals surface area contributed by atoms with E-state index in [1.807, 2.05) is 38.1 Å². The Morgan fingerprint density at radius 3 is 2.35 bits per heavy atom. The second-order valence-corrected chi connectivity index (χ2v) is 7.93. The molecule has 1 saturated heterocycles. The van der Waals surface area contributed by atoms with Crippen molar-refractivity contribution in [1.29, 1.82) is 0 Å². The third-order valence-corrected chi connectivity index (χ3v) is 6.31. The SMILES string of the molecule is Cc1ccc(S(=O)(=O)N2CCC(F)C2c2ccccc2C)cc1. The lowest BCUT2D eigenvalue weighted by Gasteiger charge is -2.26. The van der Waals surface area contributed by atoms with Crippen LogP contribution in [0, 0.1) is 13.8 Å². The van der Waals surface area contributed by atoms with Crippen molar-refractivity contribution in [3.05, 3.63) is 65.2 Å². The average molecular weight is 333 g/mol. The van der Waals surface area contributed by atoms with Gasteiger partial charge < -0.3 is 0 Å². The van der Waals surface area contributed by atoms with Crippen molar-refractivity contribution < 1.29 is 12.8 Å². The van der Waals surface area contributed by atoms with Crippen molar-refractivity contribution in [3.63, 3.8) is 0 Å². The van der Waals surface area contributed by atoms with Gasteiger partial charge in [0.2, 0.25) is 10.0 Å². The third kappa shape index (κ3) is 2.91. The first kappa shape index (κ1) is 16.1. The molecular formula is C18H20FNO2S. The van der Waals surface area contributed by atoms with Gasteiger partial charge in [0.1, 0.15) is 6.17 Å². The summed E-state index contributed by atoms with van der Waals surface area (Å²) < 4.78 is 41.7. The first-order valence-corrected chi connectivity index (χ1v) is 9.13. The van der Waals surface area contributed by atoms with Gasteiger partial charge in [-0.05, 0) is 43.5 Å². The van der Waals surface area contributed by atoms with E-state index in [1.165, 1.54) is 4.31 Å². The lowest BCUT2D eigenvalue weighted by molar-refractivity contribution is 0.262. The first-order valence-electron chi connectivity index (χ1n) is 7.69. The van der Waals surface area contributed by atoms with E-state index in [1.54, 1.807) is 24.3 Å². The van der Waals surface area contributed by atoms with Crippen LogP contribution in [0.2, 0.25) is 0 Å². The van der Waals surface area contributed by atoms with E-state index in [9.17, 15) is 12.8 Å². The van der Waals surface area contributed by atoms with E-state index in [-0.39, 0.29) is 17.9 Å². The molecule has 2 aromatic carbocycles. The molecule has 0 aliphatic carbocycles. The van der Waals surface area contributed by atoms with Crippen LogP contribution in [0.4, 0.5) is 4.39 Å². The van der Waals surface area contributed by atoms with Crippen LogP contribution in [0.15, 0.2) is 53.4 Å². The molecule has 1 heterocycles. The molecule has 0 radical (unpaired) electrons. The van der Waals surface area contributed by atoms with Crippen molar-refractivity contribution in [2.75, 3.05) is 6.54 Å². The normalized spacial score (nSPS) is 22.4. The minimum absolute atomic E-state index is 0.205. The van der Waals surface area contributed by atoms with Crippen LogP contribution in [0.1, 0.15) is 29.2 Å². The fourth-order valence-electron chi connectivity index (χ4n) is 3.11. The van der Waals surface area contributed by atoms with Gasteiger partial charge in [0.25, 0.3) is 0 Å². The highest BCUT2D eigenvalue weighted by atomic mass is 32.2. The van der Waals surface area contributed by atoms with Crippen LogP contribution in [-0.2, 0) is 10.0 Å². The molecule has 1 aliphatic rings. The number of nitrogens with zero attached hydrogens (tertiary/aromatic N) is 1. The predicted molar refractivity (Wildman–Crippen MR) is 88.5 cm³/mol. The van der Waals surface area contributed by atoms with Crippen LogP contribution in [0.25, 0.3) is 0 Å². The highest BCUT2D eigenvalue weighted by molar-refractivity contribution is 7.89. The Bertz CT molecular complexity index is 802. The highest BCUT2D eigenvalue weighted by Gasteiger charge is 2.43. The van der Waals surface area contributed by atoms with Crippen LogP contribution in [0.3, 0.4) is 0 Å². The maximum absolute atomic E-state index is 14.5. The Hall–Kier alpha value is -1.72. The second-order valence-electron chi connectivity index (χ2n) is 6.03. The van der Waals surface area contributed by atoms with Gasteiger partial charge in [-0.2, -0.15) is 4.31 Å². The Balaban J connectivity index is 2.04. The molecular weight excluding hydrogens is 313 g/mol. The summed E-state index contributed by atoms with van der Waals surface area (Å²) in [5.74, 6) is 0. The smallest absolute Gasteiger partial charge is 0.243 e. The number of alkyl halides is 1. The van der Waals surface area contributed by atoms with Crippen molar-refractivity contribution >= 4 is 10.0 Å². The minimum atomic E-state index is -3.71. The fourth-order valence-corrected chi connectivity index (χ4v) is 4.75. The number of benzene rings is 2. The molecule has 0 N–H and O–H groups in total. The maximum Gasteiger partial charge on any atom is 0.243 e. The topological polar surface area (TPSA) is 37.4 Å². The van der Waals surface area contributed by atoms with Gasteiger partial charge in [0.15, 0.2) is 0 Å². The summed E-state index contributed by atoms with van der Waals surface area (Å²) in [5, 5.41) is 0. The molecule has 5 heteroatoms. The zero-order valence-electron chi connectivity index (χ0n) is 13.2. The molecule has 0 amide bonds. The molecule has 1 fully saturated rings. The number of halogens is 1. The molecule has 2 atom stereocenters. The van der Waals surface area contributed by atoms with Gasteiger partial charge >= 0.3 is 0 Å². The summed E-state index contributed by atoms with van der Waals surface area (Å²) in [6.45, 7) is 3.99. The van der Waals surface area contributed by atoms with Gasteiger partial charge in [0.05, 0.1) is 10.9 Å². The zero-order chi connectivity index (χ0) is 16.6. The van der Waals surface area contributed by atoms with Crippen LogP contribution in [-0.4, -0.2) is 25.4 Å². The van der Waals surface area contributed by atoms with Crippen molar-refractivity contribution in [2.45, 2.75) is 37.4 Å². The minimum Gasteiger partial charge on any atom is -0.245 e. The lowest BCUT2D eigenvalue weighted by Crippen LogP contribution is -2.33. The number of hydrogen-bond donors (Lipinski definition) is 0. The van der Waals surface area contributed by atoms with Crippen molar-refractivity contribution in [2.24, 2.45) is 0 Å². The van der Waals surface area contributed by atoms with Crippen LogP contribution >= 0.6 is 0 Å². The highest BCUT2D eigenvalue weighted by Crippen LogP contribution is 2.39. The summed E-state index contributed by atoms with van der Waals surface area (Å²) in [5.41, 5.74) is 2.64. The van der Waals surface area contributed by atoms with Crippen LogP contribution in [0.5, 0.6) is 0 Å². The standard InChI is InChI=1S/C18H20FNO2S/c1-13-7-9-15(10-8-13)23(21,22)20-12-11-17(19)18(20)16-6-4-3-5-14(16)2/h3-10,17-18H,11-12H2,1-2H3. The molecule has 2 aromatic rings. The Labute approximate surface area is 136 Å². The Kier molecular flexibility index (Phi) is 4.25. The molecule has 0 aromatic heterocycles. The monoisotopic (exact) mass is 333 g/mol. The van der Waals surface area contributed by atoms with Crippen molar-refractivity contribution in [3.8, 4) is 0 Å². The van der Waals surface area contributed by atoms with E-state index in [4.69, 9.17) is 0 Å². The summed E-state index contributed by atoms with van der Waals surface area (Å²) in [6, 6.07) is 13.4. The molecule has 3 rings (SSSR count). The van der Waals surface area contributed by atoms with E-state index in [0.29, 0.717) is 0 Å². The molecule has 3 nitrogen and oxygen atoms in total. The van der Waals surface area contributed by atoms with E-state index < -0.39 is 22.2 Å². The zero-order valence-corrected chi connectivity index (χ0v) is 14.1. The summed E-state index contributed by atoms with van der Waals surface area (Å²) >= 11 is 0. The predicted octanol–water partition coefficient (Wildman–Crippen LogP) is 3.78. The average Bonchev–Trinajstić information content (AvgIpc) is 2.90. The quantitative estimate of drug-likeness (QED) is 0.857. The molecule has 0 bridgehead atoms. The second kappa shape index (κ2) is 6.06. The summed E-state index contributed by atoms with van der Waals surface area (Å²) in [7, 11) is -3.71. The summed E-state index contributed by atoms with van der Waals surface area (Å²) in [6.07, 6.45) is -0.958. The molecule has 1 aliphatic heterocycles. The lowest BCUT2D eigenvalue weighted by atomic mass is 9.99. The fraction of sp³-hybridized carbons (Fsp3) is 0.333. The molecule has 0 spiro atoms. The molecule has 0 saturated carbocycles. The molecule has 2 unspecified atom stereocenters. The van der Waals surface area contributed by atoms with Gasteiger partial charge in [-0.3, -0.25) is 0 Å². The van der Waals surface area contributed by atoms with Gasteiger partial charge in [0, 0.05) is 6.54 Å². The van der Waals surface area contributed by atoms with Crippen molar-refractivity contribution in [1.82, 2.24) is 4.31 Å².